The van der Waals surface area contributed by atoms with Crippen molar-refractivity contribution >= 4 is 11.9 Å². The molecule has 23 heavy (non-hydrogen) atoms. The molecule has 0 aliphatic carbocycles. The van der Waals surface area contributed by atoms with E-state index in [0.29, 0.717) is 39.1 Å². The van der Waals surface area contributed by atoms with Gasteiger partial charge in [0.05, 0.1) is 19.6 Å². The molecule has 0 N–H and O–H groups in total. The molecule has 0 heterocycles. The lowest BCUT2D eigenvalue weighted by molar-refractivity contribution is -0.144. The third-order valence-corrected chi connectivity index (χ3v) is 3.14. The quantitative estimate of drug-likeness (QED) is 0.357. The Labute approximate surface area is 137 Å². The molecule has 1 aromatic carbocycles. The van der Waals surface area contributed by atoms with E-state index in [1.165, 1.54) is 0 Å². The van der Waals surface area contributed by atoms with Crippen LogP contribution in [-0.4, -0.2) is 43.1 Å². The molecular formula is C18H25NO4. The molecule has 0 radical (unpaired) electrons. The molecule has 1 rings (SSSR count). The molecule has 0 bridgehead atoms. The minimum absolute atomic E-state index is 0.00846. The lowest BCUT2D eigenvalue weighted by Gasteiger charge is -2.20. The van der Waals surface area contributed by atoms with Crippen molar-refractivity contribution in [2.45, 2.75) is 26.2 Å². The Bertz CT molecular complexity index is 487. The van der Waals surface area contributed by atoms with E-state index in [1.807, 2.05) is 30.3 Å². The number of nitrogens with zero attached hydrogens (tertiary/aromatic N) is 1. The first-order chi connectivity index (χ1) is 11.2. The number of carbonyl (C=O) groups excluding carboxylic acids is 2. The smallest absolute Gasteiger partial charge is 0.307 e. The molecule has 1 aromatic rings. The number of esters is 1. The molecule has 0 spiro atoms. The lowest BCUT2D eigenvalue weighted by atomic mass is 10.2. The molecule has 0 aromatic heterocycles. The molecule has 5 heteroatoms. The van der Waals surface area contributed by atoms with Crippen LogP contribution in [0, 0.1) is 0 Å². The first-order valence-electron chi connectivity index (χ1n) is 7.89. The average molecular weight is 319 g/mol. The topological polar surface area (TPSA) is 55.8 Å². The molecule has 0 saturated carbocycles. The number of hydrogen-bond donors (Lipinski definition) is 0. The lowest BCUT2D eigenvalue weighted by Crippen LogP contribution is -2.33. The zero-order valence-corrected chi connectivity index (χ0v) is 13.7. The third kappa shape index (κ3) is 8.04. The van der Waals surface area contributed by atoms with Crippen LogP contribution in [0.3, 0.4) is 0 Å². The first-order valence-corrected chi connectivity index (χ1v) is 7.89. The van der Waals surface area contributed by atoms with Gasteiger partial charge in [-0.15, -0.1) is 6.58 Å². The van der Waals surface area contributed by atoms with Crippen molar-refractivity contribution in [2.75, 3.05) is 26.3 Å². The summed E-state index contributed by atoms with van der Waals surface area (Å²) in [4.78, 5) is 25.2. The number of carbonyl (C=O) groups is 2. The maximum absolute atomic E-state index is 12.2. The van der Waals surface area contributed by atoms with Crippen LogP contribution in [-0.2, 0) is 14.3 Å². The van der Waals surface area contributed by atoms with E-state index in [-0.39, 0.29) is 18.3 Å². The zero-order chi connectivity index (χ0) is 16.9. The molecule has 1 amide bonds. The largest absolute Gasteiger partial charge is 0.494 e. The van der Waals surface area contributed by atoms with Crippen molar-refractivity contribution in [2.24, 2.45) is 0 Å². The minimum atomic E-state index is -0.290. The second-order valence-corrected chi connectivity index (χ2v) is 4.95. The van der Waals surface area contributed by atoms with Crippen LogP contribution in [0.15, 0.2) is 43.0 Å². The Morgan fingerprint density at radius 1 is 1.22 bits per heavy atom. The number of benzene rings is 1. The van der Waals surface area contributed by atoms with E-state index in [1.54, 1.807) is 17.9 Å². The molecule has 0 aliphatic heterocycles. The van der Waals surface area contributed by atoms with E-state index in [9.17, 15) is 9.59 Å². The van der Waals surface area contributed by atoms with Crippen LogP contribution >= 0.6 is 0 Å². The highest BCUT2D eigenvalue weighted by Crippen LogP contribution is 2.09. The molecule has 0 aliphatic rings. The van der Waals surface area contributed by atoms with E-state index in [0.717, 1.165) is 5.75 Å². The predicted molar refractivity (Wildman–Crippen MR) is 89.2 cm³/mol. The summed E-state index contributed by atoms with van der Waals surface area (Å²) in [5.74, 6) is 0.498. The SMILES string of the molecule is C=CCN(CCC(=O)OCC)C(=O)CCCOc1ccccc1. The van der Waals surface area contributed by atoms with Crippen LogP contribution in [0.25, 0.3) is 0 Å². The number of amides is 1. The van der Waals surface area contributed by atoms with Gasteiger partial charge < -0.3 is 14.4 Å². The Hall–Kier alpha value is -2.30. The van der Waals surface area contributed by atoms with Gasteiger partial charge in [0.2, 0.25) is 5.91 Å². The zero-order valence-electron chi connectivity index (χ0n) is 13.7. The van der Waals surface area contributed by atoms with Gasteiger partial charge in [-0.2, -0.15) is 0 Å². The van der Waals surface area contributed by atoms with Crippen LogP contribution in [0.1, 0.15) is 26.2 Å². The summed E-state index contributed by atoms with van der Waals surface area (Å²) in [6, 6.07) is 9.49. The summed E-state index contributed by atoms with van der Waals surface area (Å²) in [5.41, 5.74) is 0. The van der Waals surface area contributed by atoms with Gasteiger partial charge in [0.15, 0.2) is 0 Å². The van der Waals surface area contributed by atoms with Gasteiger partial charge in [-0.3, -0.25) is 9.59 Å². The Balaban J connectivity index is 2.30. The van der Waals surface area contributed by atoms with Crippen molar-refractivity contribution in [1.29, 1.82) is 0 Å². The number of rotatable bonds is 11. The standard InChI is InChI=1S/C18H25NO4/c1-3-13-19(14-12-18(21)22-4-2)17(20)11-8-15-23-16-9-6-5-7-10-16/h3,5-7,9-10H,1,4,8,11-15H2,2H3. The fraction of sp³-hybridized carbons (Fsp3) is 0.444. The fourth-order valence-corrected chi connectivity index (χ4v) is 2.02. The maximum atomic E-state index is 12.2. The highest BCUT2D eigenvalue weighted by molar-refractivity contribution is 5.77. The Morgan fingerprint density at radius 3 is 2.61 bits per heavy atom. The molecule has 0 unspecified atom stereocenters. The maximum Gasteiger partial charge on any atom is 0.307 e. The van der Waals surface area contributed by atoms with Gasteiger partial charge in [-0.05, 0) is 25.5 Å². The molecule has 0 saturated heterocycles. The van der Waals surface area contributed by atoms with Gasteiger partial charge in [-0.25, -0.2) is 0 Å². The van der Waals surface area contributed by atoms with Crippen LogP contribution in [0.2, 0.25) is 0 Å². The summed E-state index contributed by atoms with van der Waals surface area (Å²) < 4.78 is 10.4. The van der Waals surface area contributed by atoms with Gasteiger partial charge in [0, 0.05) is 19.5 Å². The third-order valence-electron chi connectivity index (χ3n) is 3.14. The molecule has 0 atom stereocenters. The summed E-state index contributed by atoms with van der Waals surface area (Å²) in [7, 11) is 0. The van der Waals surface area contributed by atoms with E-state index >= 15 is 0 Å². The van der Waals surface area contributed by atoms with Crippen LogP contribution < -0.4 is 4.74 Å². The van der Waals surface area contributed by atoms with E-state index in [2.05, 4.69) is 6.58 Å². The normalized spacial score (nSPS) is 9.96. The average Bonchev–Trinajstić information content (AvgIpc) is 2.56. The second-order valence-electron chi connectivity index (χ2n) is 4.95. The molecular weight excluding hydrogens is 294 g/mol. The van der Waals surface area contributed by atoms with Crippen LogP contribution in [0.4, 0.5) is 0 Å². The predicted octanol–water partition coefficient (Wildman–Crippen LogP) is 2.81. The van der Waals surface area contributed by atoms with Gasteiger partial charge >= 0.3 is 5.97 Å². The number of hydrogen-bond acceptors (Lipinski definition) is 4. The van der Waals surface area contributed by atoms with Gasteiger partial charge in [-0.1, -0.05) is 24.3 Å². The van der Waals surface area contributed by atoms with Crippen molar-refractivity contribution in [3.8, 4) is 5.75 Å². The van der Waals surface area contributed by atoms with Gasteiger partial charge in [0.1, 0.15) is 5.75 Å². The molecule has 126 valence electrons. The summed E-state index contributed by atoms with van der Waals surface area (Å²) in [5, 5.41) is 0. The van der Waals surface area contributed by atoms with E-state index < -0.39 is 0 Å². The summed E-state index contributed by atoms with van der Waals surface area (Å²) >= 11 is 0. The Kier molecular flexibility index (Phi) is 9.20. The second kappa shape index (κ2) is 11.3. The first kappa shape index (κ1) is 18.7. The van der Waals surface area contributed by atoms with Crippen molar-refractivity contribution < 1.29 is 19.1 Å². The summed E-state index contributed by atoms with van der Waals surface area (Å²) in [6.07, 6.45) is 2.86. The number of para-hydroxylation sites is 1. The van der Waals surface area contributed by atoms with Crippen molar-refractivity contribution in [1.82, 2.24) is 4.90 Å². The van der Waals surface area contributed by atoms with Crippen molar-refractivity contribution in [3.63, 3.8) is 0 Å². The van der Waals surface area contributed by atoms with Crippen molar-refractivity contribution in [3.05, 3.63) is 43.0 Å². The summed E-state index contributed by atoms with van der Waals surface area (Å²) in [6.45, 7) is 7.02. The molecule has 5 nitrogen and oxygen atoms in total. The highest BCUT2D eigenvalue weighted by Gasteiger charge is 2.14. The highest BCUT2D eigenvalue weighted by atomic mass is 16.5. The number of ether oxygens (including phenoxy) is 2. The fourth-order valence-electron chi connectivity index (χ4n) is 2.02. The monoisotopic (exact) mass is 319 g/mol. The van der Waals surface area contributed by atoms with E-state index in [4.69, 9.17) is 9.47 Å². The van der Waals surface area contributed by atoms with Crippen LogP contribution in [0.5, 0.6) is 5.75 Å². The van der Waals surface area contributed by atoms with Gasteiger partial charge in [0.25, 0.3) is 0 Å². The molecule has 0 fully saturated rings. The minimum Gasteiger partial charge on any atom is -0.494 e. The Morgan fingerprint density at radius 2 is 1.96 bits per heavy atom.